The molecule has 0 aliphatic rings. The lowest BCUT2D eigenvalue weighted by Gasteiger charge is -2.13. The van der Waals surface area contributed by atoms with Gasteiger partial charge in [-0.25, -0.2) is 0 Å². The first-order chi connectivity index (χ1) is 10.0. The van der Waals surface area contributed by atoms with Gasteiger partial charge in [0.2, 0.25) is 0 Å². The smallest absolute Gasteiger partial charge is 0.255 e. The molecule has 1 amide bonds. The van der Waals surface area contributed by atoms with Crippen molar-refractivity contribution >= 4 is 35.8 Å². The molecular formula is C15H14ClNO3S. The Kier molecular flexibility index (Phi) is 4.98. The number of nitrogens with one attached hydrogen (secondary N) is 1. The van der Waals surface area contributed by atoms with Crippen LogP contribution in [0.1, 0.15) is 10.4 Å². The fraction of sp³-hybridized carbons (Fsp3) is 0.133. The molecule has 0 heterocycles. The maximum absolute atomic E-state index is 12.2. The van der Waals surface area contributed by atoms with Gasteiger partial charge in [0.1, 0.15) is 11.5 Å². The number of amides is 1. The van der Waals surface area contributed by atoms with Crippen molar-refractivity contribution in [2.24, 2.45) is 0 Å². The summed E-state index contributed by atoms with van der Waals surface area (Å²) in [5.74, 6) is 0.639. The Morgan fingerprint density at radius 1 is 1.14 bits per heavy atom. The molecule has 0 fully saturated rings. The molecule has 0 unspecified atom stereocenters. The van der Waals surface area contributed by atoms with E-state index in [4.69, 9.17) is 21.1 Å². The second-order valence-corrected chi connectivity index (χ2v) is 5.12. The predicted octanol–water partition coefficient (Wildman–Crippen LogP) is 3.90. The first kappa shape index (κ1) is 15.5. The fourth-order valence-corrected chi connectivity index (χ4v) is 2.26. The Morgan fingerprint density at radius 2 is 1.86 bits per heavy atom. The van der Waals surface area contributed by atoms with Crippen LogP contribution < -0.4 is 14.8 Å². The lowest BCUT2D eigenvalue weighted by Crippen LogP contribution is -2.12. The zero-order chi connectivity index (χ0) is 15.4. The Labute approximate surface area is 133 Å². The van der Waals surface area contributed by atoms with Crippen molar-refractivity contribution in [3.63, 3.8) is 0 Å². The lowest BCUT2D eigenvalue weighted by atomic mass is 10.2. The Morgan fingerprint density at radius 3 is 2.48 bits per heavy atom. The third kappa shape index (κ3) is 3.62. The van der Waals surface area contributed by atoms with E-state index in [9.17, 15) is 4.79 Å². The van der Waals surface area contributed by atoms with Gasteiger partial charge in [0.15, 0.2) is 0 Å². The monoisotopic (exact) mass is 323 g/mol. The molecule has 21 heavy (non-hydrogen) atoms. The highest BCUT2D eigenvalue weighted by atomic mass is 35.5. The number of carbonyl (C=O) groups is 1. The van der Waals surface area contributed by atoms with Crippen molar-refractivity contribution in [1.82, 2.24) is 0 Å². The molecule has 110 valence electrons. The van der Waals surface area contributed by atoms with E-state index in [1.807, 2.05) is 0 Å². The van der Waals surface area contributed by atoms with Crippen LogP contribution in [0.2, 0.25) is 5.02 Å². The number of rotatable bonds is 4. The Balaban J connectivity index is 2.32. The maximum atomic E-state index is 12.2. The summed E-state index contributed by atoms with van der Waals surface area (Å²) in [6, 6.07) is 10.1. The highest BCUT2D eigenvalue weighted by molar-refractivity contribution is 7.80. The van der Waals surface area contributed by atoms with Gasteiger partial charge in [-0.3, -0.25) is 4.79 Å². The van der Waals surface area contributed by atoms with Crippen LogP contribution in [-0.4, -0.2) is 20.1 Å². The molecule has 6 heteroatoms. The average Bonchev–Trinajstić information content (AvgIpc) is 2.48. The summed E-state index contributed by atoms with van der Waals surface area (Å²) < 4.78 is 10.4. The van der Waals surface area contributed by atoms with E-state index in [-0.39, 0.29) is 5.91 Å². The number of hydrogen-bond donors (Lipinski definition) is 2. The molecule has 0 saturated carbocycles. The fourth-order valence-electron chi connectivity index (χ4n) is 1.80. The summed E-state index contributed by atoms with van der Waals surface area (Å²) in [5, 5.41) is 3.18. The summed E-state index contributed by atoms with van der Waals surface area (Å²) in [5.41, 5.74) is 0.979. The van der Waals surface area contributed by atoms with Gasteiger partial charge in [0.25, 0.3) is 5.91 Å². The molecule has 0 saturated heterocycles. The van der Waals surface area contributed by atoms with Crippen molar-refractivity contribution < 1.29 is 14.3 Å². The third-order valence-corrected chi connectivity index (χ3v) is 3.40. The van der Waals surface area contributed by atoms with Crippen LogP contribution in [0.4, 0.5) is 5.69 Å². The highest BCUT2D eigenvalue weighted by Gasteiger charge is 2.13. The van der Waals surface area contributed by atoms with Gasteiger partial charge in [-0.2, -0.15) is 0 Å². The maximum Gasteiger partial charge on any atom is 0.255 e. The summed E-state index contributed by atoms with van der Waals surface area (Å²) >= 11 is 10.2. The highest BCUT2D eigenvalue weighted by Crippen LogP contribution is 2.36. The summed E-state index contributed by atoms with van der Waals surface area (Å²) in [4.78, 5) is 13.0. The number of methoxy groups -OCH3 is 2. The molecule has 0 radical (unpaired) electrons. The van der Waals surface area contributed by atoms with Crippen molar-refractivity contribution in [2.45, 2.75) is 4.90 Å². The molecule has 2 aromatic carbocycles. The van der Waals surface area contributed by atoms with Crippen molar-refractivity contribution in [2.75, 3.05) is 19.5 Å². The van der Waals surface area contributed by atoms with Crippen LogP contribution in [0.5, 0.6) is 11.5 Å². The molecule has 0 spiro atoms. The minimum Gasteiger partial charge on any atom is -0.495 e. The third-order valence-electron chi connectivity index (χ3n) is 2.83. The van der Waals surface area contributed by atoms with Crippen LogP contribution in [-0.2, 0) is 0 Å². The van der Waals surface area contributed by atoms with Gasteiger partial charge in [-0.1, -0.05) is 17.7 Å². The normalized spacial score (nSPS) is 10.1. The predicted molar refractivity (Wildman–Crippen MR) is 86.2 cm³/mol. The van der Waals surface area contributed by atoms with Gasteiger partial charge < -0.3 is 14.8 Å². The van der Waals surface area contributed by atoms with Gasteiger partial charge in [-0.15, -0.1) is 12.6 Å². The van der Waals surface area contributed by atoms with E-state index >= 15 is 0 Å². The van der Waals surface area contributed by atoms with E-state index in [0.29, 0.717) is 32.7 Å². The van der Waals surface area contributed by atoms with Crippen molar-refractivity contribution in [3.05, 3.63) is 47.0 Å². The largest absolute Gasteiger partial charge is 0.495 e. The van der Waals surface area contributed by atoms with Gasteiger partial charge in [-0.05, 0) is 18.2 Å². The Bertz CT molecular complexity index is 676. The lowest BCUT2D eigenvalue weighted by molar-refractivity contribution is 0.102. The molecule has 2 aromatic rings. The van der Waals surface area contributed by atoms with Crippen LogP contribution in [0.25, 0.3) is 0 Å². The second-order valence-electron chi connectivity index (χ2n) is 4.19. The number of carbonyl (C=O) groups excluding carboxylic acids is 1. The van der Waals surface area contributed by atoms with Crippen molar-refractivity contribution in [3.8, 4) is 11.5 Å². The molecular weight excluding hydrogens is 310 g/mol. The Hall–Kier alpha value is -1.85. The van der Waals surface area contributed by atoms with E-state index in [0.717, 1.165) is 0 Å². The SMILES string of the molecule is COc1cc(NC(=O)c2cccc(S)c2)c(OC)cc1Cl. The molecule has 0 aliphatic heterocycles. The van der Waals surface area contributed by atoms with E-state index in [1.54, 1.807) is 36.4 Å². The van der Waals surface area contributed by atoms with Crippen LogP contribution in [0.3, 0.4) is 0 Å². The number of hydrogen-bond acceptors (Lipinski definition) is 4. The molecule has 0 atom stereocenters. The summed E-state index contributed by atoms with van der Waals surface area (Å²) in [7, 11) is 3.01. The number of thiol groups is 1. The van der Waals surface area contributed by atoms with E-state index in [1.165, 1.54) is 14.2 Å². The molecule has 0 bridgehead atoms. The minimum absolute atomic E-state index is 0.270. The summed E-state index contributed by atoms with van der Waals surface area (Å²) in [6.45, 7) is 0. The molecule has 4 nitrogen and oxygen atoms in total. The van der Waals surface area contributed by atoms with Gasteiger partial charge in [0.05, 0.1) is 24.9 Å². The van der Waals surface area contributed by atoms with Crippen LogP contribution in [0.15, 0.2) is 41.3 Å². The van der Waals surface area contributed by atoms with Crippen molar-refractivity contribution in [1.29, 1.82) is 0 Å². The van der Waals surface area contributed by atoms with Crippen LogP contribution in [0, 0.1) is 0 Å². The average molecular weight is 324 g/mol. The molecule has 1 N–H and O–H groups in total. The molecule has 0 aliphatic carbocycles. The first-order valence-corrected chi connectivity index (χ1v) is 6.89. The minimum atomic E-state index is -0.270. The standard InChI is InChI=1S/C15H14ClNO3S/c1-19-13-8-12(14(20-2)7-11(13)16)17-15(18)9-4-3-5-10(21)6-9/h3-8,21H,1-2H3,(H,17,18). The number of anilines is 1. The molecule has 2 rings (SSSR count). The number of ether oxygens (including phenoxy) is 2. The zero-order valence-electron chi connectivity index (χ0n) is 11.5. The topological polar surface area (TPSA) is 47.6 Å². The first-order valence-electron chi connectivity index (χ1n) is 6.07. The van der Waals surface area contributed by atoms with Gasteiger partial charge >= 0.3 is 0 Å². The second kappa shape index (κ2) is 6.74. The quantitative estimate of drug-likeness (QED) is 0.839. The number of halogens is 1. The van der Waals surface area contributed by atoms with E-state index < -0.39 is 0 Å². The van der Waals surface area contributed by atoms with Gasteiger partial charge in [0, 0.05) is 22.6 Å². The summed E-state index contributed by atoms with van der Waals surface area (Å²) in [6.07, 6.45) is 0. The zero-order valence-corrected chi connectivity index (χ0v) is 13.2. The van der Waals surface area contributed by atoms with E-state index in [2.05, 4.69) is 17.9 Å². The number of benzene rings is 2. The molecule has 0 aromatic heterocycles. The van der Waals surface area contributed by atoms with Crippen LogP contribution >= 0.6 is 24.2 Å².